The van der Waals surface area contributed by atoms with Crippen LogP contribution in [-0.4, -0.2) is 29.8 Å². The Kier molecular flexibility index (Phi) is 5.81. The number of benzene rings is 1. The van der Waals surface area contributed by atoms with Crippen molar-refractivity contribution in [3.63, 3.8) is 0 Å². The van der Waals surface area contributed by atoms with Gasteiger partial charge >= 0.3 is 0 Å². The topological polar surface area (TPSA) is 126 Å². The van der Waals surface area contributed by atoms with Crippen molar-refractivity contribution in [1.82, 2.24) is 15.5 Å². The van der Waals surface area contributed by atoms with Crippen molar-refractivity contribution >= 4 is 5.70 Å². The number of nitrogens with one attached hydrogen (secondary N) is 2. The number of phenolic OH excluding ortho intramolecular Hbond substituents is 1. The minimum absolute atomic E-state index is 0.122. The molecule has 1 atom stereocenters. The highest BCUT2D eigenvalue weighted by Gasteiger charge is 2.27. The van der Waals surface area contributed by atoms with Gasteiger partial charge in [0.05, 0.1) is 12.4 Å². The summed E-state index contributed by atoms with van der Waals surface area (Å²) in [7, 11) is 0. The SMILES string of the molecule is CC(C1=CN(C(/C=C(\N)c2ccccc2O)=C(N)N)CN1)C1CCNCC1. The van der Waals surface area contributed by atoms with Gasteiger partial charge in [-0.3, -0.25) is 0 Å². The lowest BCUT2D eigenvalue weighted by Gasteiger charge is -2.28. The molecule has 0 saturated carbocycles. The highest BCUT2D eigenvalue weighted by atomic mass is 16.3. The van der Waals surface area contributed by atoms with E-state index in [0.29, 0.717) is 35.5 Å². The van der Waals surface area contributed by atoms with Crippen molar-refractivity contribution in [2.75, 3.05) is 19.8 Å². The molecule has 7 heteroatoms. The van der Waals surface area contributed by atoms with Crippen molar-refractivity contribution in [3.8, 4) is 5.75 Å². The number of phenols is 1. The number of hydrogen-bond donors (Lipinski definition) is 6. The maximum Gasteiger partial charge on any atom is 0.124 e. The van der Waals surface area contributed by atoms with Crippen LogP contribution < -0.4 is 27.8 Å². The molecule has 0 aliphatic carbocycles. The zero-order valence-electron chi connectivity index (χ0n) is 15.8. The van der Waals surface area contributed by atoms with Crippen molar-refractivity contribution < 1.29 is 5.11 Å². The average molecular weight is 371 g/mol. The van der Waals surface area contributed by atoms with Gasteiger partial charge in [0, 0.05) is 29.1 Å². The molecule has 3 rings (SSSR count). The fraction of sp³-hybridized carbons (Fsp3) is 0.400. The van der Waals surface area contributed by atoms with Gasteiger partial charge in [-0.05, 0) is 50.1 Å². The Bertz CT molecular complexity index is 759. The number of piperidine rings is 1. The van der Waals surface area contributed by atoms with Gasteiger partial charge in [0.1, 0.15) is 11.6 Å². The minimum Gasteiger partial charge on any atom is -0.507 e. The zero-order valence-corrected chi connectivity index (χ0v) is 15.8. The summed E-state index contributed by atoms with van der Waals surface area (Å²) >= 11 is 0. The molecule has 1 unspecified atom stereocenters. The van der Waals surface area contributed by atoms with E-state index in [1.54, 1.807) is 24.3 Å². The molecule has 2 heterocycles. The van der Waals surface area contributed by atoms with Crippen LogP contribution in [0.1, 0.15) is 25.3 Å². The number of nitrogens with two attached hydrogens (primary N) is 3. The molecule has 2 aliphatic heterocycles. The van der Waals surface area contributed by atoms with E-state index in [1.165, 1.54) is 18.5 Å². The number of para-hydroxylation sites is 1. The number of aromatic hydroxyl groups is 1. The summed E-state index contributed by atoms with van der Waals surface area (Å²) < 4.78 is 0. The number of nitrogens with zero attached hydrogens (tertiary/aromatic N) is 1. The monoisotopic (exact) mass is 370 g/mol. The smallest absolute Gasteiger partial charge is 0.124 e. The lowest BCUT2D eigenvalue weighted by atomic mass is 9.84. The third-order valence-electron chi connectivity index (χ3n) is 5.44. The molecule has 27 heavy (non-hydrogen) atoms. The summed E-state index contributed by atoms with van der Waals surface area (Å²) in [6.45, 7) is 5.00. The molecule has 1 aromatic carbocycles. The van der Waals surface area contributed by atoms with Crippen LogP contribution in [0.15, 0.2) is 53.8 Å². The Balaban J connectivity index is 1.80. The van der Waals surface area contributed by atoms with Gasteiger partial charge < -0.3 is 37.8 Å². The first-order chi connectivity index (χ1) is 13.0. The van der Waals surface area contributed by atoms with Crippen LogP contribution in [0.3, 0.4) is 0 Å². The normalized spacial score (nSPS) is 19.4. The summed E-state index contributed by atoms with van der Waals surface area (Å²) in [5.41, 5.74) is 20.8. The van der Waals surface area contributed by atoms with Gasteiger partial charge in [0.25, 0.3) is 0 Å². The highest BCUT2D eigenvalue weighted by molar-refractivity contribution is 5.70. The molecule has 1 aromatic rings. The standard InChI is InChI=1S/C20H30N6O/c1-13(14-6-8-24-9-7-14)17-11-26(12-25-17)18(20(22)23)10-16(21)15-4-2-3-5-19(15)27/h2-5,10-11,13-14,24-25,27H,6-9,12,21-23H2,1H3/b16-10-. The van der Waals surface area contributed by atoms with Gasteiger partial charge in [0.15, 0.2) is 0 Å². The van der Waals surface area contributed by atoms with Gasteiger partial charge in [-0.1, -0.05) is 19.1 Å². The Morgan fingerprint density at radius 1 is 1.22 bits per heavy atom. The lowest BCUT2D eigenvalue weighted by molar-refractivity contribution is 0.297. The number of hydrogen-bond acceptors (Lipinski definition) is 7. The zero-order chi connectivity index (χ0) is 19.4. The molecule has 0 amide bonds. The molecule has 7 nitrogen and oxygen atoms in total. The molecular weight excluding hydrogens is 340 g/mol. The highest BCUT2D eigenvalue weighted by Crippen LogP contribution is 2.30. The van der Waals surface area contributed by atoms with Crippen LogP contribution in [0.5, 0.6) is 5.75 Å². The predicted molar refractivity (Wildman–Crippen MR) is 108 cm³/mol. The van der Waals surface area contributed by atoms with Crippen LogP contribution in [0.25, 0.3) is 5.70 Å². The van der Waals surface area contributed by atoms with Gasteiger partial charge in [-0.25, -0.2) is 0 Å². The van der Waals surface area contributed by atoms with Crippen LogP contribution >= 0.6 is 0 Å². The first-order valence-electron chi connectivity index (χ1n) is 9.41. The van der Waals surface area contributed by atoms with Crippen LogP contribution in [0, 0.1) is 11.8 Å². The van der Waals surface area contributed by atoms with Crippen LogP contribution in [0.2, 0.25) is 0 Å². The first-order valence-corrected chi connectivity index (χ1v) is 9.41. The van der Waals surface area contributed by atoms with Crippen molar-refractivity contribution in [2.24, 2.45) is 29.0 Å². The van der Waals surface area contributed by atoms with Gasteiger partial charge in [-0.2, -0.15) is 0 Å². The molecule has 1 fully saturated rings. The van der Waals surface area contributed by atoms with Crippen molar-refractivity contribution in [2.45, 2.75) is 19.8 Å². The molecule has 2 aliphatic rings. The quantitative estimate of drug-likeness (QED) is 0.429. The van der Waals surface area contributed by atoms with E-state index < -0.39 is 0 Å². The third-order valence-corrected chi connectivity index (χ3v) is 5.44. The van der Waals surface area contributed by atoms with E-state index in [9.17, 15) is 5.11 Å². The second-order valence-corrected chi connectivity index (χ2v) is 7.22. The Morgan fingerprint density at radius 3 is 2.59 bits per heavy atom. The Hall–Kier alpha value is -2.80. The predicted octanol–water partition coefficient (Wildman–Crippen LogP) is 1.12. The van der Waals surface area contributed by atoms with E-state index in [2.05, 4.69) is 23.8 Å². The molecule has 0 aromatic heterocycles. The molecule has 0 radical (unpaired) electrons. The van der Waals surface area contributed by atoms with Gasteiger partial charge in [-0.15, -0.1) is 0 Å². The molecular formula is C20H30N6O. The number of allylic oxidation sites excluding steroid dienone is 2. The molecule has 1 saturated heterocycles. The van der Waals surface area contributed by atoms with Gasteiger partial charge in [0.2, 0.25) is 0 Å². The van der Waals surface area contributed by atoms with Crippen molar-refractivity contribution in [3.05, 3.63) is 59.3 Å². The average Bonchev–Trinajstić information content (AvgIpc) is 3.16. The molecule has 9 N–H and O–H groups in total. The van der Waals surface area contributed by atoms with Crippen LogP contribution in [0.4, 0.5) is 0 Å². The van der Waals surface area contributed by atoms with E-state index in [1.807, 2.05) is 11.0 Å². The Labute approximate surface area is 160 Å². The van der Waals surface area contributed by atoms with Crippen LogP contribution in [-0.2, 0) is 0 Å². The van der Waals surface area contributed by atoms with E-state index >= 15 is 0 Å². The fourth-order valence-electron chi connectivity index (χ4n) is 3.74. The largest absolute Gasteiger partial charge is 0.507 e. The summed E-state index contributed by atoms with van der Waals surface area (Å²) in [6.07, 6.45) is 6.14. The van der Waals surface area contributed by atoms with Crippen molar-refractivity contribution in [1.29, 1.82) is 0 Å². The molecule has 0 spiro atoms. The third kappa shape index (κ3) is 4.31. The second kappa shape index (κ2) is 8.26. The first kappa shape index (κ1) is 19.0. The molecule has 0 bridgehead atoms. The summed E-state index contributed by atoms with van der Waals surface area (Å²) in [5.74, 6) is 1.41. The maximum atomic E-state index is 10.0. The summed E-state index contributed by atoms with van der Waals surface area (Å²) in [6, 6.07) is 6.93. The van der Waals surface area contributed by atoms with E-state index in [0.717, 1.165) is 13.1 Å². The fourth-order valence-corrected chi connectivity index (χ4v) is 3.74. The molecule has 146 valence electrons. The van der Waals surface area contributed by atoms with E-state index in [-0.39, 0.29) is 11.6 Å². The lowest BCUT2D eigenvalue weighted by Crippen LogP contribution is -2.33. The number of rotatable bonds is 5. The Morgan fingerprint density at radius 2 is 1.93 bits per heavy atom. The maximum absolute atomic E-state index is 10.0. The second-order valence-electron chi connectivity index (χ2n) is 7.22. The summed E-state index contributed by atoms with van der Waals surface area (Å²) in [5, 5.41) is 16.9. The minimum atomic E-state index is 0.122. The van der Waals surface area contributed by atoms with E-state index in [4.69, 9.17) is 17.2 Å². The summed E-state index contributed by atoms with van der Waals surface area (Å²) in [4.78, 5) is 1.97.